The van der Waals surface area contributed by atoms with Crippen LogP contribution in [0.5, 0.6) is 5.88 Å². The summed E-state index contributed by atoms with van der Waals surface area (Å²) in [7, 11) is -4.67. The lowest BCUT2D eigenvalue weighted by molar-refractivity contribution is 0.157. The van der Waals surface area contributed by atoms with Crippen molar-refractivity contribution in [1.29, 1.82) is 0 Å². The zero-order valence-electron chi connectivity index (χ0n) is 14.8. The van der Waals surface area contributed by atoms with Crippen molar-refractivity contribution in [2.75, 3.05) is 13.1 Å². The lowest BCUT2D eigenvalue weighted by Crippen LogP contribution is -2.34. The molecule has 28 heavy (non-hydrogen) atoms. The number of fused-ring (bicyclic) bond motifs is 1. The molecule has 0 aliphatic carbocycles. The molecule has 0 saturated carbocycles. The average molecular weight is 409 g/mol. The fraction of sp³-hybridized carbons (Fsp3) is 0.278. The molecule has 8 nitrogen and oxygen atoms in total. The summed E-state index contributed by atoms with van der Waals surface area (Å²) in [6, 6.07) is 14.4. The molecule has 1 saturated heterocycles. The third-order valence-corrected chi connectivity index (χ3v) is 4.20. The molecule has 2 aromatic carbocycles. The van der Waals surface area contributed by atoms with E-state index in [-0.39, 0.29) is 11.9 Å². The summed E-state index contributed by atoms with van der Waals surface area (Å²) in [6.45, 7) is 1.91. The van der Waals surface area contributed by atoms with Gasteiger partial charge in [-0.3, -0.25) is 9.11 Å². The van der Waals surface area contributed by atoms with Gasteiger partial charge in [-0.1, -0.05) is 24.3 Å². The lowest BCUT2D eigenvalue weighted by Gasteiger charge is -2.22. The molecule has 1 aliphatic rings. The molecule has 10 heteroatoms. The Hall–Kier alpha value is -2.53. The number of halogens is 1. The van der Waals surface area contributed by atoms with Crippen molar-refractivity contribution in [2.45, 2.75) is 18.9 Å². The third kappa shape index (κ3) is 5.26. The first-order valence-corrected chi connectivity index (χ1v) is 10.0. The van der Waals surface area contributed by atoms with Crippen molar-refractivity contribution in [2.24, 2.45) is 0 Å². The van der Waals surface area contributed by atoms with Crippen molar-refractivity contribution >= 4 is 21.3 Å². The van der Waals surface area contributed by atoms with E-state index in [4.69, 9.17) is 22.3 Å². The van der Waals surface area contributed by atoms with Crippen molar-refractivity contribution in [3.05, 3.63) is 54.3 Å². The Morgan fingerprint density at radius 3 is 2.36 bits per heavy atom. The highest BCUT2D eigenvalue weighted by atomic mass is 32.3. The van der Waals surface area contributed by atoms with Gasteiger partial charge in [0.2, 0.25) is 5.88 Å². The maximum absolute atomic E-state index is 14.2. The first-order valence-electron chi connectivity index (χ1n) is 8.63. The summed E-state index contributed by atoms with van der Waals surface area (Å²) in [4.78, 5) is 0. The van der Waals surface area contributed by atoms with Crippen LogP contribution in [0.25, 0.3) is 16.6 Å². The van der Waals surface area contributed by atoms with E-state index < -0.39 is 10.4 Å². The smallest absolute Gasteiger partial charge is 0.394 e. The molecule has 1 aliphatic heterocycles. The van der Waals surface area contributed by atoms with Crippen molar-refractivity contribution in [1.82, 2.24) is 15.1 Å². The molecular formula is C18H20FN3O5S. The normalized spacial score (nSPS) is 15.1. The topological polar surface area (TPSA) is 114 Å². The lowest BCUT2D eigenvalue weighted by atomic mass is 10.1. The standard InChI is InChI=1S/C18H18FN3O.H2O4S/c19-15-6-2-4-8-17(15)22-16-7-3-1-5-14(16)18(21-22)23-13-9-11-20-12-10-13;1-5(2,3)4/h1-8,13,20H,9-12H2;(H2,1,2,3,4). The minimum Gasteiger partial charge on any atom is -0.473 e. The number of nitrogens with zero attached hydrogens (tertiary/aromatic N) is 2. The summed E-state index contributed by atoms with van der Waals surface area (Å²) in [6.07, 6.45) is 2.07. The van der Waals surface area contributed by atoms with Gasteiger partial charge in [-0.2, -0.15) is 8.42 Å². The summed E-state index contributed by atoms with van der Waals surface area (Å²) in [5, 5.41) is 8.78. The molecule has 0 spiro atoms. The van der Waals surface area contributed by atoms with E-state index >= 15 is 0 Å². The Bertz CT molecular complexity index is 1040. The molecular weight excluding hydrogens is 389 g/mol. The highest BCUT2D eigenvalue weighted by molar-refractivity contribution is 7.79. The second-order valence-corrected chi connectivity index (χ2v) is 7.10. The predicted molar refractivity (Wildman–Crippen MR) is 102 cm³/mol. The fourth-order valence-corrected chi connectivity index (χ4v) is 3.00. The van der Waals surface area contributed by atoms with Gasteiger partial charge < -0.3 is 10.1 Å². The number of aromatic nitrogens is 2. The van der Waals surface area contributed by atoms with E-state index in [1.54, 1.807) is 16.8 Å². The second kappa shape index (κ2) is 8.65. The Morgan fingerprint density at radius 2 is 1.68 bits per heavy atom. The fourth-order valence-electron chi connectivity index (χ4n) is 3.00. The van der Waals surface area contributed by atoms with Gasteiger partial charge in [0.1, 0.15) is 17.6 Å². The van der Waals surface area contributed by atoms with Crippen LogP contribution in [-0.2, 0) is 10.4 Å². The van der Waals surface area contributed by atoms with Gasteiger partial charge in [-0.25, -0.2) is 9.07 Å². The van der Waals surface area contributed by atoms with Crippen molar-refractivity contribution in [3.63, 3.8) is 0 Å². The third-order valence-electron chi connectivity index (χ3n) is 4.20. The van der Waals surface area contributed by atoms with E-state index in [2.05, 4.69) is 10.4 Å². The van der Waals surface area contributed by atoms with Gasteiger partial charge in [0, 0.05) is 0 Å². The summed E-state index contributed by atoms with van der Waals surface area (Å²) < 4.78 is 53.5. The van der Waals surface area contributed by atoms with Crippen molar-refractivity contribution < 1.29 is 26.7 Å². The molecule has 3 aromatic rings. The summed E-state index contributed by atoms with van der Waals surface area (Å²) in [5.74, 6) is 0.282. The molecule has 1 fully saturated rings. The summed E-state index contributed by atoms with van der Waals surface area (Å²) in [5.41, 5.74) is 1.28. The van der Waals surface area contributed by atoms with Crippen LogP contribution >= 0.6 is 0 Å². The number of para-hydroxylation sites is 2. The Kier molecular flexibility index (Phi) is 6.25. The predicted octanol–water partition coefficient (Wildman–Crippen LogP) is 2.64. The molecule has 3 N–H and O–H groups in total. The number of hydrogen-bond donors (Lipinski definition) is 3. The van der Waals surface area contributed by atoms with Crippen LogP contribution in [-0.4, -0.2) is 46.5 Å². The Morgan fingerprint density at radius 1 is 1.07 bits per heavy atom. The quantitative estimate of drug-likeness (QED) is 0.570. The molecule has 150 valence electrons. The highest BCUT2D eigenvalue weighted by Gasteiger charge is 2.20. The molecule has 0 amide bonds. The molecule has 0 radical (unpaired) electrons. The van der Waals surface area contributed by atoms with Gasteiger partial charge in [0.05, 0.1) is 10.9 Å². The van der Waals surface area contributed by atoms with Gasteiger partial charge in [-0.05, 0) is 50.2 Å². The molecule has 0 bridgehead atoms. The van der Waals surface area contributed by atoms with E-state index in [9.17, 15) is 4.39 Å². The van der Waals surface area contributed by atoms with Crippen LogP contribution < -0.4 is 10.1 Å². The highest BCUT2D eigenvalue weighted by Crippen LogP contribution is 2.29. The van der Waals surface area contributed by atoms with Crippen LogP contribution in [0.3, 0.4) is 0 Å². The van der Waals surface area contributed by atoms with E-state index in [1.165, 1.54) is 6.07 Å². The number of rotatable bonds is 3. The van der Waals surface area contributed by atoms with Gasteiger partial charge in [-0.15, -0.1) is 5.10 Å². The van der Waals surface area contributed by atoms with E-state index in [0.29, 0.717) is 11.6 Å². The second-order valence-electron chi connectivity index (χ2n) is 6.20. The minimum atomic E-state index is -4.67. The van der Waals surface area contributed by atoms with Crippen LogP contribution in [0.15, 0.2) is 48.5 Å². The van der Waals surface area contributed by atoms with Gasteiger partial charge >= 0.3 is 10.4 Å². The minimum absolute atomic E-state index is 0.156. The average Bonchev–Trinajstić information content (AvgIpc) is 3.00. The van der Waals surface area contributed by atoms with Crippen LogP contribution in [0.2, 0.25) is 0 Å². The largest absolute Gasteiger partial charge is 0.473 e. The first-order chi connectivity index (χ1) is 13.3. The molecule has 1 aromatic heterocycles. The number of benzene rings is 2. The molecule has 4 rings (SSSR count). The van der Waals surface area contributed by atoms with E-state index in [1.807, 2.05) is 30.3 Å². The Labute approximate surface area is 161 Å². The molecule has 2 heterocycles. The first kappa shape index (κ1) is 20.2. The van der Waals surface area contributed by atoms with Crippen molar-refractivity contribution in [3.8, 4) is 11.6 Å². The van der Waals surface area contributed by atoms with Gasteiger partial charge in [0.25, 0.3) is 0 Å². The SMILES string of the molecule is Fc1ccccc1-n1nc(OC2CCNCC2)c2ccccc21.O=S(=O)(O)O. The zero-order valence-corrected chi connectivity index (χ0v) is 15.6. The molecule has 0 unspecified atom stereocenters. The Balaban J connectivity index is 0.000000403. The number of piperidine rings is 1. The van der Waals surface area contributed by atoms with Gasteiger partial charge in [0.15, 0.2) is 0 Å². The van der Waals surface area contributed by atoms with E-state index in [0.717, 1.165) is 36.8 Å². The van der Waals surface area contributed by atoms with Crippen LogP contribution in [0, 0.1) is 5.82 Å². The number of nitrogens with one attached hydrogen (secondary N) is 1. The molecule has 0 atom stereocenters. The zero-order chi connectivity index (χ0) is 20.1. The maximum atomic E-state index is 14.2. The summed E-state index contributed by atoms with van der Waals surface area (Å²) >= 11 is 0. The number of ether oxygens (including phenoxy) is 1. The monoisotopic (exact) mass is 409 g/mol. The number of hydrogen-bond acceptors (Lipinski definition) is 5. The van der Waals surface area contributed by atoms with Crippen LogP contribution in [0.1, 0.15) is 12.8 Å². The maximum Gasteiger partial charge on any atom is 0.394 e. The van der Waals surface area contributed by atoms with Crippen LogP contribution in [0.4, 0.5) is 4.39 Å².